The molecular formula is C9H16N2OS. The van der Waals surface area contributed by atoms with Gasteiger partial charge in [-0.2, -0.15) is 0 Å². The molecule has 74 valence electrons. The molecule has 0 spiro atoms. The van der Waals surface area contributed by atoms with Gasteiger partial charge in [0.1, 0.15) is 0 Å². The molecule has 0 aromatic carbocycles. The quantitative estimate of drug-likeness (QED) is 0.792. The van der Waals surface area contributed by atoms with Crippen molar-refractivity contribution in [1.29, 1.82) is 0 Å². The van der Waals surface area contributed by atoms with Crippen molar-refractivity contribution in [2.75, 3.05) is 0 Å². The fraction of sp³-hybridized carbons (Fsp3) is 0.778. The number of nitrogens with zero attached hydrogens (tertiary/aromatic N) is 2. The van der Waals surface area contributed by atoms with E-state index in [-0.39, 0.29) is 5.41 Å². The van der Waals surface area contributed by atoms with Crippen LogP contribution in [0.2, 0.25) is 0 Å². The summed E-state index contributed by atoms with van der Waals surface area (Å²) in [6.07, 6.45) is 0.562. The van der Waals surface area contributed by atoms with Crippen molar-refractivity contribution in [2.24, 2.45) is 5.41 Å². The fourth-order valence-electron chi connectivity index (χ4n) is 0.879. The van der Waals surface area contributed by atoms with Gasteiger partial charge in [0.2, 0.25) is 0 Å². The lowest BCUT2D eigenvalue weighted by atomic mass is 9.75. The topological polar surface area (TPSA) is 46.0 Å². The Labute approximate surface area is 83.0 Å². The van der Waals surface area contributed by atoms with Gasteiger partial charge in [-0.1, -0.05) is 25.3 Å². The third-order valence-corrected chi connectivity index (χ3v) is 3.10. The average Bonchev–Trinajstić information content (AvgIpc) is 2.35. The minimum absolute atomic E-state index is 0.142. The number of rotatable bonds is 2. The molecule has 4 heteroatoms. The normalized spacial score (nSPS) is 17.0. The van der Waals surface area contributed by atoms with E-state index in [0.29, 0.717) is 6.42 Å². The van der Waals surface area contributed by atoms with Crippen LogP contribution in [0.15, 0.2) is 5.38 Å². The van der Waals surface area contributed by atoms with Crippen LogP contribution < -0.4 is 0 Å². The predicted octanol–water partition coefficient (Wildman–Crippen LogP) is 1.88. The van der Waals surface area contributed by atoms with E-state index < -0.39 is 5.60 Å². The molecule has 1 aromatic heterocycles. The maximum absolute atomic E-state index is 10.2. The van der Waals surface area contributed by atoms with Gasteiger partial charge in [-0.15, -0.1) is 5.10 Å². The van der Waals surface area contributed by atoms with Gasteiger partial charge < -0.3 is 5.11 Å². The van der Waals surface area contributed by atoms with Crippen molar-refractivity contribution < 1.29 is 5.11 Å². The van der Waals surface area contributed by atoms with Crippen molar-refractivity contribution >= 4 is 11.5 Å². The molecule has 0 aliphatic rings. The summed E-state index contributed by atoms with van der Waals surface area (Å²) < 4.78 is 3.77. The highest BCUT2D eigenvalue weighted by molar-refractivity contribution is 7.03. The average molecular weight is 200 g/mol. The van der Waals surface area contributed by atoms with Gasteiger partial charge in [-0.05, 0) is 23.9 Å². The van der Waals surface area contributed by atoms with E-state index in [2.05, 4.69) is 9.59 Å². The van der Waals surface area contributed by atoms with Gasteiger partial charge in [0, 0.05) is 11.8 Å². The van der Waals surface area contributed by atoms with Gasteiger partial charge in [0.25, 0.3) is 0 Å². The smallest absolute Gasteiger partial charge is 0.0784 e. The molecule has 0 bridgehead atoms. The Balaban J connectivity index is 2.73. The molecule has 1 N–H and O–H groups in total. The number of hydrogen-bond acceptors (Lipinski definition) is 4. The molecule has 0 aliphatic carbocycles. The maximum atomic E-state index is 10.2. The number of aromatic nitrogens is 2. The predicted molar refractivity (Wildman–Crippen MR) is 53.7 cm³/mol. The van der Waals surface area contributed by atoms with Crippen molar-refractivity contribution in [3.8, 4) is 0 Å². The molecular weight excluding hydrogens is 184 g/mol. The zero-order valence-electron chi connectivity index (χ0n) is 8.53. The van der Waals surface area contributed by atoms with Gasteiger partial charge in [-0.25, -0.2) is 0 Å². The highest BCUT2D eigenvalue weighted by atomic mass is 32.1. The highest BCUT2D eigenvalue weighted by Gasteiger charge is 2.35. The van der Waals surface area contributed by atoms with E-state index in [4.69, 9.17) is 0 Å². The Kier molecular flexibility index (Phi) is 2.73. The Morgan fingerprint density at radius 1 is 1.38 bits per heavy atom. The fourth-order valence-corrected chi connectivity index (χ4v) is 1.33. The van der Waals surface area contributed by atoms with Crippen LogP contribution in [0.5, 0.6) is 0 Å². The van der Waals surface area contributed by atoms with Crippen LogP contribution in [0.1, 0.15) is 33.4 Å². The molecule has 1 unspecified atom stereocenters. The summed E-state index contributed by atoms with van der Waals surface area (Å²) >= 11 is 1.32. The molecule has 1 heterocycles. The third kappa shape index (κ3) is 2.48. The standard InChI is InChI=1S/C9H16N2OS/c1-8(2,3)9(4,12)5-7-6-13-11-10-7/h6,12H,5H2,1-4H3. The van der Waals surface area contributed by atoms with E-state index in [1.165, 1.54) is 11.5 Å². The van der Waals surface area contributed by atoms with Crippen LogP contribution >= 0.6 is 11.5 Å². The van der Waals surface area contributed by atoms with E-state index in [9.17, 15) is 5.11 Å². The second-order valence-electron chi connectivity index (χ2n) is 4.60. The van der Waals surface area contributed by atoms with E-state index in [0.717, 1.165) is 5.69 Å². The molecule has 0 amide bonds. The summed E-state index contributed by atoms with van der Waals surface area (Å²) in [6, 6.07) is 0. The monoisotopic (exact) mass is 200 g/mol. The minimum Gasteiger partial charge on any atom is -0.389 e. The molecule has 0 aliphatic heterocycles. The maximum Gasteiger partial charge on any atom is 0.0784 e. The van der Waals surface area contributed by atoms with E-state index in [1.807, 2.05) is 33.1 Å². The molecule has 3 nitrogen and oxygen atoms in total. The van der Waals surface area contributed by atoms with Crippen molar-refractivity contribution in [3.63, 3.8) is 0 Å². The van der Waals surface area contributed by atoms with Crippen LogP contribution in [0.3, 0.4) is 0 Å². The van der Waals surface area contributed by atoms with Gasteiger partial charge in [0.15, 0.2) is 0 Å². The second-order valence-corrected chi connectivity index (χ2v) is 5.21. The molecule has 0 saturated heterocycles. The van der Waals surface area contributed by atoms with Crippen molar-refractivity contribution in [3.05, 3.63) is 11.1 Å². The summed E-state index contributed by atoms with van der Waals surface area (Å²) in [6.45, 7) is 7.90. The Bertz CT molecular complexity index is 262. The van der Waals surface area contributed by atoms with Crippen molar-refractivity contribution in [1.82, 2.24) is 9.59 Å². The summed E-state index contributed by atoms with van der Waals surface area (Å²) in [4.78, 5) is 0. The molecule has 0 fully saturated rings. The summed E-state index contributed by atoms with van der Waals surface area (Å²) in [5.41, 5.74) is -0.00995. The first-order valence-electron chi connectivity index (χ1n) is 4.31. The molecule has 13 heavy (non-hydrogen) atoms. The van der Waals surface area contributed by atoms with Gasteiger partial charge in [-0.3, -0.25) is 0 Å². The van der Waals surface area contributed by atoms with Crippen molar-refractivity contribution in [2.45, 2.75) is 39.7 Å². The number of hydrogen-bond donors (Lipinski definition) is 1. The molecule has 0 radical (unpaired) electrons. The Morgan fingerprint density at radius 3 is 2.38 bits per heavy atom. The lowest BCUT2D eigenvalue weighted by molar-refractivity contribution is -0.0412. The van der Waals surface area contributed by atoms with Crippen LogP contribution in [0.25, 0.3) is 0 Å². The first-order valence-corrected chi connectivity index (χ1v) is 5.15. The largest absolute Gasteiger partial charge is 0.389 e. The van der Waals surface area contributed by atoms with Gasteiger partial charge in [0.05, 0.1) is 11.3 Å². The van der Waals surface area contributed by atoms with Crippen LogP contribution in [0.4, 0.5) is 0 Å². The number of aliphatic hydroxyl groups is 1. The first kappa shape index (κ1) is 10.6. The molecule has 1 atom stereocenters. The summed E-state index contributed by atoms with van der Waals surface area (Å²) in [7, 11) is 0. The summed E-state index contributed by atoms with van der Waals surface area (Å²) in [5, 5.41) is 16.0. The van der Waals surface area contributed by atoms with Crippen LogP contribution in [0, 0.1) is 5.41 Å². The third-order valence-electron chi connectivity index (χ3n) is 2.55. The zero-order valence-corrected chi connectivity index (χ0v) is 9.35. The highest BCUT2D eigenvalue weighted by Crippen LogP contribution is 2.32. The lowest BCUT2D eigenvalue weighted by Gasteiger charge is -2.36. The molecule has 1 aromatic rings. The Hall–Kier alpha value is -0.480. The summed E-state index contributed by atoms with van der Waals surface area (Å²) in [5.74, 6) is 0. The van der Waals surface area contributed by atoms with Gasteiger partial charge >= 0.3 is 0 Å². The SMILES string of the molecule is CC(C)(C)C(C)(O)Cc1csnn1. The van der Waals surface area contributed by atoms with E-state index in [1.54, 1.807) is 0 Å². The van der Waals surface area contributed by atoms with Crippen LogP contribution in [-0.2, 0) is 6.42 Å². The lowest BCUT2D eigenvalue weighted by Crippen LogP contribution is -2.41. The van der Waals surface area contributed by atoms with E-state index >= 15 is 0 Å². The first-order chi connectivity index (χ1) is 5.83. The minimum atomic E-state index is -0.733. The van der Waals surface area contributed by atoms with Crippen LogP contribution in [-0.4, -0.2) is 20.3 Å². The second kappa shape index (κ2) is 3.35. The molecule has 0 saturated carbocycles. The molecule has 1 rings (SSSR count). The zero-order chi connectivity index (χ0) is 10.1. The Morgan fingerprint density at radius 2 is 2.00 bits per heavy atom.